The quantitative estimate of drug-likeness (QED) is 0.883. The first-order valence-corrected chi connectivity index (χ1v) is 7.77. The van der Waals surface area contributed by atoms with Crippen LogP contribution >= 0.6 is 11.5 Å². The van der Waals surface area contributed by atoms with Crippen molar-refractivity contribution in [2.24, 2.45) is 5.92 Å². The Morgan fingerprint density at radius 3 is 2.95 bits per heavy atom. The van der Waals surface area contributed by atoms with Gasteiger partial charge in [-0.1, -0.05) is 13.3 Å². The van der Waals surface area contributed by atoms with Crippen LogP contribution in [0.5, 0.6) is 0 Å². The van der Waals surface area contributed by atoms with Gasteiger partial charge >= 0.3 is 0 Å². The van der Waals surface area contributed by atoms with Gasteiger partial charge in [-0.05, 0) is 36.7 Å². The van der Waals surface area contributed by atoms with Crippen molar-refractivity contribution in [1.82, 2.24) is 9.69 Å². The van der Waals surface area contributed by atoms with Crippen molar-refractivity contribution in [2.75, 3.05) is 23.7 Å². The van der Waals surface area contributed by atoms with Gasteiger partial charge < -0.3 is 16.0 Å². The summed E-state index contributed by atoms with van der Waals surface area (Å²) in [4.78, 5) is 14.5. The van der Waals surface area contributed by atoms with Crippen molar-refractivity contribution in [1.29, 1.82) is 0 Å². The Bertz CT molecular complexity index is 483. The number of anilines is 2. The summed E-state index contributed by atoms with van der Waals surface area (Å²) in [6, 6.07) is 0.349. The van der Waals surface area contributed by atoms with Crippen LogP contribution in [0.2, 0.25) is 0 Å². The summed E-state index contributed by atoms with van der Waals surface area (Å²) in [5.74, 6) is 1.05. The summed E-state index contributed by atoms with van der Waals surface area (Å²) in [6.07, 6.45) is 4.55. The standard InChI is InChI=1S/C13H20N4OS/c1-2-8-5-6-17(7-8)13-10(11(14)16-19-13)12(18)15-9-3-4-9/h8-9H,2-7H2,1H3,(H2,14,16)(H,15,18). The number of carbonyl (C=O) groups excluding carboxylic acids is 1. The number of carbonyl (C=O) groups is 1. The highest BCUT2D eigenvalue weighted by Gasteiger charge is 2.31. The number of hydrogen-bond acceptors (Lipinski definition) is 5. The minimum atomic E-state index is -0.0521. The highest BCUT2D eigenvalue weighted by molar-refractivity contribution is 7.11. The van der Waals surface area contributed by atoms with E-state index in [2.05, 4.69) is 21.5 Å². The first-order chi connectivity index (χ1) is 9.19. The summed E-state index contributed by atoms with van der Waals surface area (Å²) >= 11 is 1.35. The molecule has 1 amide bonds. The normalized spacial score (nSPS) is 22.8. The van der Waals surface area contributed by atoms with Crippen molar-refractivity contribution in [3.05, 3.63) is 5.56 Å². The molecule has 1 aromatic heterocycles. The lowest BCUT2D eigenvalue weighted by Gasteiger charge is -2.17. The summed E-state index contributed by atoms with van der Waals surface area (Å²) in [5, 5.41) is 3.96. The van der Waals surface area contributed by atoms with Crippen LogP contribution in [-0.2, 0) is 0 Å². The van der Waals surface area contributed by atoms with Crippen LogP contribution < -0.4 is 16.0 Å². The van der Waals surface area contributed by atoms with E-state index in [0.717, 1.165) is 36.9 Å². The van der Waals surface area contributed by atoms with Crippen molar-refractivity contribution in [3.63, 3.8) is 0 Å². The maximum Gasteiger partial charge on any atom is 0.258 e. The van der Waals surface area contributed by atoms with E-state index in [1.807, 2.05) is 0 Å². The summed E-state index contributed by atoms with van der Waals surface area (Å²) in [6.45, 7) is 4.24. The van der Waals surface area contributed by atoms with E-state index in [1.165, 1.54) is 24.4 Å². The second-order valence-electron chi connectivity index (χ2n) is 5.50. The zero-order chi connectivity index (χ0) is 13.4. The predicted molar refractivity (Wildman–Crippen MR) is 77.6 cm³/mol. The van der Waals surface area contributed by atoms with Gasteiger partial charge in [-0.3, -0.25) is 4.79 Å². The van der Waals surface area contributed by atoms with Gasteiger partial charge in [0.15, 0.2) is 5.82 Å². The molecule has 1 saturated carbocycles. The number of nitrogens with one attached hydrogen (secondary N) is 1. The van der Waals surface area contributed by atoms with Crippen LogP contribution in [0.25, 0.3) is 0 Å². The zero-order valence-corrected chi connectivity index (χ0v) is 12.0. The number of hydrogen-bond donors (Lipinski definition) is 2. The van der Waals surface area contributed by atoms with Crippen LogP contribution in [0.1, 0.15) is 43.0 Å². The number of amides is 1. The Balaban J connectivity index is 1.79. The zero-order valence-electron chi connectivity index (χ0n) is 11.2. The monoisotopic (exact) mass is 280 g/mol. The Morgan fingerprint density at radius 1 is 1.53 bits per heavy atom. The second kappa shape index (κ2) is 5.00. The molecule has 1 aliphatic carbocycles. The lowest BCUT2D eigenvalue weighted by molar-refractivity contribution is 0.0952. The maximum atomic E-state index is 12.3. The van der Waals surface area contributed by atoms with Crippen LogP contribution in [0.4, 0.5) is 10.8 Å². The molecule has 1 unspecified atom stereocenters. The van der Waals surface area contributed by atoms with Crippen LogP contribution in [0.3, 0.4) is 0 Å². The van der Waals surface area contributed by atoms with Crippen molar-refractivity contribution >= 4 is 28.3 Å². The van der Waals surface area contributed by atoms with E-state index in [4.69, 9.17) is 5.73 Å². The number of aromatic nitrogens is 1. The molecule has 0 spiro atoms. The van der Waals surface area contributed by atoms with Gasteiger partial charge in [-0.25, -0.2) is 0 Å². The SMILES string of the molecule is CCC1CCN(c2snc(N)c2C(=O)NC2CC2)C1. The van der Waals surface area contributed by atoms with E-state index in [9.17, 15) is 4.79 Å². The van der Waals surface area contributed by atoms with Gasteiger partial charge in [-0.15, -0.1) is 0 Å². The highest BCUT2D eigenvalue weighted by Crippen LogP contribution is 2.35. The molecule has 5 nitrogen and oxygen atoms in total. The largest absolute Gasteiger partial charge is 0.382 e. The van der Waals surface area contributed by atoms with Crippen LogP contribution in [-0.4, -0.2) is 29.4 Å². The smallest absolute Gasteiger partial charge is 0.258 e. The molecular formula is C13H20N4OS. The summed E-state index contributed by atoms with van der Waals surface area (Å²) < 4.78 is 4.18. The molecule has 1 atom stereocenters. The lowest BCUT2D eigenvalue weighted by atomic mass is 10.1. The van der Waals surface area contributed by atoms with Gasteiger partial charge in [0.05, 0.1) is 0 Å². The van der Waals surface area contributed by atoms with Gasteiger partial charge in [-0.2, -0.15) is 4.37 Å². The molecule has 2 heterocycles. The maximum absolute atomic E-state index is 12.3. The Morgan fingerprint density at radius 2 is 2.32 bits per heavy atom. The van der Waals surface area contributed by atoms with E-state index < -0.39 is 0 Å². The van der Waals surface area contributed by atoms with Crippen LogP contribution in [0.15, 0.2) is 0 Å². The molecule has 1 aromatic rings. The van der Waals surface area contributed by atoms with E-state index in [1.54, 1.807) is 0 Å². The van der Waals surface area contributed by atoms with Gasteiger partial charge in [0.1, 0.15) is 10.6 Å². The average Bonchev–Trinajstić information content (AvgIpc) is 2.93. The molecule has 3 N–H and O–H groups in total. The third kappa shape index (κ3) is 2.54. The molecule has 0 aromatic carbocycles. The lowest BCUT2D eigenvalue weighted by Crippen LogP contribution is -2.28. The molecule has 2 fully saturated rings. The molecule has 6 heteroatoms. The minimum absolute atomic E-state index is 0.0521. The summed E-state index contributed by atoms with van der Waals surface area (Å²) in [7, 11) is 0. The molecule has 1 aliphatic heterocycles. The Hall–Kier alpha value is -1.30. The third-order valence-electron chi connectivity index (χ3n) is 3.99. The average molecular weight is 280 g/mol. The number of rotatable bonds is 4. The Labute approximate surface area is 117 Å². The van der Waals surface area contributed by atoms with Crippen molar-refractivity contribution in [3.8, 4) is 0 Å². The Kier molecular flexibility index (Phi) is 3.35. The van der Waals surface area contributed by atoms with Crippen molar-refractivity contribution in [2.45, 2.75) is 38.6 Å². The van der Waals surface area contributed by atoms with Gasteiger partial charge in [0.2, 0.25) is 0 Å². The molecular weight excluding hydrogens is 260 g/mol. The van der Waals surface area contributed by atoms with Crippen LogP contribution in [0, 0.1) is 5.92 Å². The predicted octanol–water partition coefficient (Wildman–Crippen LogP) is 1.85. The fourth-order valence-corrected chi connectivity index (χ4v) is 3.40. The van der Waals surface area contributed by atoms with E-state index in [0.29, 0.717) is 17.4 Å². The van der Waals surface area contributed by atoms with E-state index in [-0.39, 0.29) is 5.91 Å². The topological polar surface area (TPSA) is 71.2 Å². The summed E-state index contributed by atoms with van der Waals surface area (Å²) in [5.41, 5.74) is 6.48. The molecule has 0 radical (unpaired) electrons. The molecule has 3 rings (SSSR count). The molecule has 104 valence electrons. The molecule has 1 saturated heterocycles. The third-order valence-corrected chi connectivity index (χ3v) is 4.91. The van der Waals surface area contributed by atoms with Gasteiger partial charge in [0.25, 0.3) is 5.91 Å². The second-order valence-corrected chi connectivity index (χ2v) is 6.26. The van der Waals surface area contributed by atoms with E-state index >= 15 is 0 Å². The number of nitrogens with zero attached hydrogens (tertiary/aromatic N) is 2. The fourth-order valence-electron chi connectivity index (χ4n) is 2.56. The van der Waals surface area contributed by atoms with Crippen molar-refractivity contribution < 1.29 is 4.79 Å². The molecule has 0 bridgehead atoms. The minimum Gasteiger partial charge on any atom is -0.382 e. The number of nitrogen functional groups attached to an aromatic ring is 1. The highest BCUT2D eigenvalue weighted by atomic mass is 32.1. The molecule has 19 heavy (non-hydrogen) atoms. The first-order valence-electron chi connectivity index (χ1n) is 7.00. The first kappa shape index (κ1) is 12.7. The molecule has 2 aliphatic rings. The fraction of sp³-hybridized carbons (Fsp3) is 0.692. The number of nitrogens with two attached hydrogens (primary N) is 1. The van der Waals surface area contributed by atoms with Gasteiger partial charge in [0, 0.05) is 19.1 Å².